The largest absolute Gasteiger partial charge is 0.339 e. The predicted octanol–water partition coefficient (Wildman–Crippen LogP) is 4.88. The molecule has 0 aliphatic heterocycles. The smallest absolute Gasteiger partial charge is 0.232 e. The van der Waals surface area contributed by atoms with Crippen LogP contribution in [-0.4, -0.2) is 28.5 Å². The lowest BCUT2D eigenvalue weighted by Gasteiger charge is -2.14. The fourth-order valence-corrected chi connectivity index (χ4v) is 3.80. The van der Waals surface area contributed by atoms with Crippen molar-refractivity contribution in [3.63, 3.8) is 0 Å². The van der Waals surface area contributed by atoms with E-state index in [1.54, 1.807) is 6.20 Å². The van der Waals surface area contributed by atoms with Crippen molar-refractivity contribution in [3.8, 4) is 0 Å². The average Bonchev–Trinajstić information content (AvgIpc) is 3.19. The van der Waals surface area contributed by atoms with Crippen molar-refractivity contribution in [1.29, 1.82) is 0 Å². The first-order chi connectivity index (χ1) is 15.4. The highest BCUT2D eigenvalue weighted by molar-refractivity contribution is 9.10. The predicted molar refractivity (Wildman–Crippen MR) is 130 cm³/mol. The summed E-state index contributed by atoms with van der Waals surface area (Å²) < 4.78 is 25.1. The van der Waals surface area contributed by atoms with Crippen LogP contribution in [0.5, 0.6) is 0 Å². The fraction of sp³-hybridized carbons (Fsp3) is 0.190. The van der Waals surface area contributed by atoms with Crippen molar-refractivity contribution >= 4 is 61.2 Å². The second-order valence-electron chi connectivity index (χ2n) is 7.32. The van der Waals surface area contributed by atoms with Crippen molar-refractivity contribution in [1.82, 2.24) is 24.5 Å². The first kappa shape index (κ1) is 22.3. The summed E-state index contributed by atoms with van der Waals surface area (Å²) in [4.78, 5) is 8.96. The lowest BCUT2D eigenvalue weighted by Crippen LogP contribution is -2.16. The van der Waals surface area contributed by atoms with Gasteiger partial charge in [0.15, 0.2) is 0 Å². The molecule has 32 heavy (non-hydrogen) atoms. The molecule has 4 aromatic rings. The van der Waals surface area contributed by atoms with Crippen LogP contribution in [0, 0.1) is 0 Å². The molecule has 0 aliphatic rings. The van der Waals surface area contributed by atoms with E-state index in [4.69, 9.17) is 4.55 Å². The number of hydrogen-bond acceptors (Lipinski definition) is 6. The van der Waals surface area contributed by atoms with Gasteiger partial charge in [0.05, 0.1) is 16.2 Å². The highest BCUT2D eigenvalue weighted by Crippen LogP contribution is 2.28. The van der Waals surface area contributed by atoms with Crippen molar-refractivity contribution in [3.05, 3.63) is 64.9 Å². The standard InChI is InChI=1S/C21H22BrN7O2S/c1-13(2)29-19-9-16(8-7-15(19)10-24-29)26-21-23-12-17(22)20(28-21)27-18-6-4-3-5-14(18)11-25-32(30)31/h3-10,12-13,25H,11H2,1-2H3,(H,30,31)(H2,23,26,27,28). The van der Waals surface area contributed by atoms with Gasteiger partial charge in [0.1, 0.15) is 5.82 Å². The quantitative estimate of drug-likeness (QED) is 0.247. The van der Waals surface area contributed by atoms with Gasteiger partial charge in [-0.1, -0.05) is 18.2 Å². The minimum atomic E-state index is -2.09. The molecular weight excluding hydrogens is 494 g/mol. The fourth-order valence-electron chi connectivity index (χ4n) is 3.23. The Bertz CT molecular complexity index is 1280. The molecule has 4 rings (SSSR count). The molecule has 0 saturated carbocycles. The molecular formula is C21H22BrN7O2S. The minimum Gasteiger partial charge on any atom is -0.339 e. The topological polar surface area (TPSA) is 117 Å². The van der Waals surface area contributed by atoms with Crippen LogP contribution in [0.25, 0.3) is 10.9 Å². The minimum absolute atomic E-state index is 0.226. The maximum Gasteiger partial charge on any atom is 0.232 e. The van der Waals surface area contributed by atoms with Crippen LogP contribution in [0.3, 0.4) is 0 Å². The van der Waals surface area contributed by atoms with Gasteiger partial charge in [0.2, 0.25) is 17.2 Å². The van der Waals surface area contributed by atoms with Crippen LogP contribution in [-0.2, 0) is 17.8 Å². The molecule has 2 aromatic heterocycles. The third-order valence-electron chi connectivity index (χ3n) is 4.74. The van der Waals surface area contributed by atoms with E-state index in [1.807, 2.05) is 53.3 Å². The van der Waals surface area contributed by atoms with Gasteiger partial charge < -0.3 is 10.6 Å². The maximum atomic E-state index is 11.0. The van der Waals surface area contributed by atoms with E-state index in [-0.39, 0.29) is 12.6 Å². The van der Waals surface area contributed by atoms with Crippen molar-refractivity contribution in [2.45, 2.75) is 26.4 Å². The van der Waals surface area contributed by atoms with Crippen LogP contribution < -0.4 is 15.4 Å². The molecule has 11 heteroatoms. The number of hydrogen-bond donors (Lipinski definition) is 4. The number of para-hydroxylation sites is 1. The molecule has 0 spiro atoms. The number of benzene rings is 2. The highest BCUT2D eigenvalue weighted by atomic mass is 79.9. The van der Waals surface area contributed by atoms with E-state index in [2.05, 4.69) is 60.2 Å². The van der Waals surface area contributed by atoms with Gasteiger partial charge in [0.25, 0.3) is 0 Å². The Balaban J connectivity index is 1.58. The number of rotatable bonds is 8. The number of nitrogens with one attached hydrogen (secondary N) is 3. The van der Waals surface area contributed by atoms with Gasteiger partial charge in [0, 0.05) is 35.5 Å². The molecule has 2 aromatic carbocycles. The van der Waals surface area contributed by atoms with Gasteiger partial charge in [-0.25, -0.2) is 13.9 Å². The molecule has 4 N–H and O–H groups in total. The van der Waals surface area contributed by atoms with E-state index in [0.29, 0.717) is 16.2 Å². The maximum absolute atomic E-state index is 11.0. The van der Waals surface area contributed by atoms with Gasteiger partial charge in [-0.3, -0.25) is 9.23 Å². The molecule has 2 heterocycles. The van der Waals surface area contributed by atoms with Crippen LogP contribution in [0.4, 0.5) is 23.1 Å². The van der Waals surface area contributed by atoms with Gasteiger partial charge in [-0.05, 0) is 59.6 Å². The van der Waals surface area contributed by atoms with Crippen LogP contribution >= 0.6 is 15.9 Å². The van der Waals surface area contributed by atoms with E-state index in [1.165, 1.54) is 0 Å². The summed E-state index contributed by atoms with van der Waals surface area (Å²) in [5.74, 6) is 0.992. The van der Waals surface area contributed by atoms with Gasteiger partial charge in [-0.2, -0.15) is 10.1 Å². The number of fused-ring (bicyclic) bond motifs is 1. The zero-order valence-corrected chi connectivity index (χ0v) is 19.8. The van der Waals surface area contributed by atoms with Crippen molar-refractivity contribution in [2.24, 2.45) is 0 Å². The van der Waals surface area contributed by atoms with Gasteiger partial charge in [-0.15, -0.1) is 0 Å². The molecule has 1 unspecified atom stereocenters. The Labute approximate surface area is 196 Å². The lowest BCUT2D eigenvalue weighted by atomic mass is 10.2. The summed E-state index contributed by atoms with van der Waals surface area (Å²) >= 11 is 1.39. The van der Waals surface area contributed by atoms with E-state index in [9.17, 15) is 4.21 Å². The average molecular weight is 516 g/mol. The first-order valence-corrected chi connectivity index (χ1v) is 11.8. The Hall–Kier alpha value is -2.86. The summed E-state index contributed by atoms with van der Waals surface area (Å²) in [5, 5.41) is 12.0. The Kier molecular flexibility index (Phi) is 6.80. The zero-order chi connectivity index (χ0) is 22.7. The number of nitrogens with zero attached hydrogens (tertiary/aromatic N) is 4. The molecule has 0 bridgehead atoms. The number of aromatic nitrogens is 4. The molecule has 1 atom stereocenters. The summed E-state index contributed by atoms with van der Waals surface area (Å²) in [6.45, 7) is 4.41. The molecule has 0 aliphatic carbocycles. The van der Waals surface area contributed by atoms with Crippen LogP contribution in [0.15, 0.2) is 59.3 Å². The second-order valence-corrected chi connectivity index (χ2v) is 8.97. The summed E-state index contributed by atoms with van der Waals surface area (Å²) in [6, 6.07) is 13.7. The molecule has 0 saturated heterocycles. The Morgan fingerprint density at radius 3 is 2.75 bits per heavy atom. The van der Waals surface area contributed by atoms with Crippen LogP contribution in [0.2, 0.25) is 0 Å². The van der Waals surface area contributed by atoms with E-state index in [0.717, 1.165) is 27.8 Å². The molecule has 0 amide bonds. The molecule has 0 radical (unpaired) electrons. The van der Waals surface area contributed by atoms with Crippen molar-refractivity contribution in [2.75, 3.05) is 10.6 Å². The third kappa shape index (κ3) is 5.13. The van der Waals surface area contributed by atoms with Crippen molar-refractivity contribution < 1.29 is 8.76 Å². The van der Waals surface area contributed by atoms with E-state index < -0.39 is 11.3 Å². The normalized spacial score (nSPS) is 12.3. The summed E-state index contributed by atoms with van der Waals surface area (Å²) in [6.07, 6.45) is 3.52. The SMILES string of the molecule is CC(C)n1ncc2ccc(Nc3ncc(Br)c(Nc4ccccc4CNS(=O)O)n3)cc21. The Morgan fingerprint density at radius 1 is 1.16 bits per heavy atom. The number of halogens is 1. The van der Waals surface area contributed by atoms with E-state index >= 15 is 0 Å². The number of anilines is 4. The van der Waals surface area contributed by atoms with Crippen LogP contribution in [0.1, 0.15) is 25.5 Å². The Morgan fingerprint density at radius 2 is 1.97 bits per heavy atom. The summed E-state index contributed by atoms with van der Waals surface area (Å²) in [5.41, 5.74) is 3.46. The third-order valence-corrected chi connectivity index (χ3v) is 5.72. The second kappa shape index (κ2) is 9.74. The summed E-state index contributed by atoms with van der Waals surface area (Å²) in [7, 11) is 0. The zero-order valence-electron chi connectivity index (χ0n) is 17.4. The molecule has 9 nitrogen and oxygen atoms in total. The molecule has 0 fully saturated rings. The highest BCUT2D eigenvalue weighted by Gasteiger charge is 2.11. The first-order valence-electron chi connectivity index (χ1n) is 9.87. The van der Waals surface area contributed by atoms with Gasteiger partial charge >= 0.3 is 0 Å². The molecule has 166 valence electrons. The monoisotopic (exact) mass is 515 g/mol. The lowest BCUT2D eigenvalue weighted by molar-refractivity contribution is 0.549.